The van der Waals surface area contributed by atoms with E-state index in [0.717, 1.165) is 50.5 Å². The average molecular weight is 560 g/mol. The van der Waals surface area contributed by atoms with Crippen molar-refractivity contribution >= 4 is 47.0 Å². The Bertz CT molecular complexity index is 780. The highest BCUT2D eigenvalue weighted by Gasteiger charge is 2.08. The molecule has 0 bridgehead atoms. The molecule has 0 amide bonds. The van der Waals surface area contributed by atoms with Gasteiger partial charge in [0.1, 0.15) is 0 Å². The monoisotopic (exact) mass is 559 g/mol. The third kappa shape index (κ3) is 10.4. The molecule has 1 unspecified atom stereocenters. The van der Waals surface area contributed by atoms with Gasteiger partial charge in [-0.15, -0.1) is 35.3 Å². The van der Waals surface area contributed by atoms with Crippen LogP contribution < -0.4 is 10.6 Å². The molecule has 2 aromatic rings. The van der Waals surface area contributed by atoms with E-state index in [4.69, 9.17) is 4.99 Å². The van der Waals surface area contributed by atoms with Gasteiger partial charge in [-0.3, -0.25) is 10.1 Å². The number of nitrogens with one attached hydrogen (secondary N) is 2. The van der Waals surface area contributed by atoms with E-state index in [1.54, 1.807) is 23.5 Å². The van der Waals surface area contributed by atoms with Gasteiger partial charge in [-0.25, -0.2) is 4.99 Å². The molecule has 0 aliphatic rings. The molecule has 1 aromatic carbocycles. The average Bonchev–Trinajstić information content (AvgIpc) is 3.27. The summed E-state index contributed by atoms with van der Waals surface area (Å²) < 4.78 is 0. The maximum Gasteiger partial charge on any atom is 0.269 e. The molecule has 0 saturated carbocycles. The van der Waals surface area contributed by atoms with Gasteiger partial charge in [-0.1, -0.05) is 32.0 Å². The SMILES string of the molecule is CCN(CC)CCCC(C)NC(=NCc1ccc([N+](=O)[O-])cc1)NCc1cccs1.I. The van der Waals surface area contributed by atoms with Gasteiger partial charge in [-0.2, -0.15) is 0 Å². The molecule has 0 spiro atoms. The minimum atomic E-state index is -0.386. The van der Waals surface area contributed by atoms with Crippen molar-refractivity contribution in [3.63, 3.8) is 0 Å². The third-order valence-electron chi connectivity index (χ3n) is 4.97. The van der Waals surface area contributed by atoms with Crippen LogP contribution in [-0.4, -0.2) is 41.5 Å². The topological polar surface area (TPSA) is 82.8 Å². The first-order chi connectivity index (χ1) is 14.5. The summed E-state index contributed by atoms with van der Waals surface area (Å²) in [5, 5.41) is 19.8. The Morgan fingerprint density at radius 1 is 1.23 bits per heavy atom. The summed E-state index contributed by atoms with van der Waals surface area (Å²) in [7, 11) is 0. The summed E-state index contributed by atoms with van der Waals surface area (Å²) in [5.74, 6) is 0.761. The van der Waals surface area contributed by atoms with Gasteiger partial charge in [-0.05, 0) is 56.4 Å². The number of hydrogen-bond donors (Lipinski definition) is 2. The number of nitro benzene ring substituents is 1. The first-order valence-corrected chi connectivity index (χ1v) is 11.4. The lowest BCUT2D eigenvalue weighted by Gasteiger charge is -2.21. The molecule has 9 heteroatoms. The number of halogens is 1. The van der Waals surface area contributed by atoms with Crippen LogP contribution >= 0.6 is 35.3 Å². The van der Waals surface area contributed by atoms with Crippen LogP contribution in [0.15, 0.2) is 46.8 Å². The zero-order chi connectivity index (χ0) is 21.8. The first kappa shape index (κ1) is 27.3. The Labute approximate surface area is 206 Å². The molecule has 0 radical (unpaired) electrons. The third-order valence-corrected chi connectivity index (χ3v) is 5.84. The van der Waals surface area contributed by atoms with Crippen LogP contribution in [0.1, 0.15) is 44.1 Å². The molecule has 2 N–H and O–H groups in total. The smallest absolute Gasteiger partial charge is 0.269 e. The lowest BCUT2D eigenvalue weighted by molar-refractivity contribution is -0.384. The van der Waals surface area contributed by atoms with Crippen LogP contribution in [0.5, 0.6) is 0 Å². The highest BCUT2D eigenvalue weighted by atomic mass is 127. The lowest BCUT2D eigenvalue weighted by Crippen LogP contribution is -2.42. The fourth-order valence-corrected chi connectivity index (χ4v) is 3.74. The fourth-order valence-electron chi connectivity index (χ4n) is 3.10. The van der Waals surface area contributed by atoms with Gasteiger partial charge in [0.15, 0.2) is 5.96 Å². The zero-order valence-corrected chi connectivity index (χ0v) is 21.7. The predicted octanol–water partition coefficient (Wildman–Crippen LogP) is 5.02. The molecule has 0 aliphatic carbocycles. The number of aliphatic imine (C=N–C) groups is 1. The zero-order valence-electron chi connectivity index (χ0n) is 18.5. The highest BCUT2D eigenvalue weighted by Crippen LogP contribution is 2.13. The van der Waals surface area contributed by atoms with Gasteiger partial charge in [0, 0.05) is 23.1 Å². The van der Waals surface area contributed by atoms with E-state index in [-0.39, 0.29) is 34.6 Å². The molecule has 2 rings (SSSR count). The maximum atomic E-state index is 10.8. The van der Waals surface area contributed by atoms with E-state index in [2.05, 4.69) is 47.8 Å². The summed E-state index contributed by atoms with van der Waals surface area (Å²) in [6.07, 6.45) is 2.20. The highest BCUT2D eigenvalue weighted by molar-refractivity contribution is 14.0. The first-order valence-electron chi connectivity index (χ1n) is 10.5. The number of hydrogen-bond acceptors (Lipinski definition) is 5. The number of guanidine groups is 1. The summed E-state index contributed by atoms with van der Waals surface area (Å²) in [4.78, 5) is 18.8. The van der Waals surface area contributed by atoms with Crippen molar-refractivity contribution in [1.82, 2.24) is 15.5 Å². The van der Waals surface area contributed by atoms with Crippen LogP contribution in [0.3, 0.4) is 0 Å². The minimum absolute atomic E-state index is 0. The standard InChI is InChI=1S/C22H33N5O2S.HI/c1-4-26(5-2)14-6-8-18(3)25-22(24-17-21-9-7-15-30-21)23-16-19-10-12-20(13-11-19)27(28)29;/h7,9-13,15,18H,4-6,8,14,16-17H2,1-3H3,(H2,23,24,25);1H. The Morgan fingerprint density at radius 3 is 2.52 bits per heavy atom. The Morgan fingerprint density at radius 2 is 1.94 bits per heavy atom. The van der Waals surface area contributed by atoms with E-state index in [1.165, 1.54) is 17.0 Å². The molecule has 7 nitrogen and oxygen atoms in total. The van der Waals surface area contributed by atoms with E-state index < -0.39 is 0 Å². The maximum absolute atomic E-state index is 10.8. The van der Waals surface area contributed by atoms with Gasteiger partial charge in [0.05, 0.1) is 18.0 Å². The number of nitro groups is 1. The number of benzene rings is 1. The molecule has 1 aromatic heterocycles. The van der Waals surface area contributed by atoms with Gasteiger partial charge in [0.2, 0.25) is 0 Å². The van der Waals surface area contributed by atoms with Crippen LogP contribution in [0.2, 0.25) is 0 Å². The van der Waals surface area contributed by atoms with Crippen LogP contribution in [0, 0.1) is 10.1 Å². The molecule has 0 aliphatic heterocycles. The number of non-ortho nitro benzene ring substituents is 1. The van der Waals surface area contributed by atoms with Gasteiger partial charge >= 0.3 is 0 Å². The van der Waals surface area contributed by atoms with E-state index in [0.29, 0.717) is 12.6 Å². The molecule has 31 heavy (non-hydrogen) atoms. The van der Waals surface area contributed by atoms with E-state index in [9.17, 15) is 10.1 Å². The Balaban J connectivity index is 0.00000480. The Hall–Kier alpha value is -1.72. The van der Waals surface area contributed by atoms with E-state index in [1.807, 2.05) is 6.07 Å². The quantitative estimate of drug-likeness (QED) is 0.126. The van der Waals surface area contributed by atoms with E-state index >= 15 is 0 Å². The minimum Gasteiger partial charge on any atom is -0.354 e. The van der Waals surface area contributed by atoms with Crippen molar-refractivity contribution in [2.24, 2.45) is 4.99 Å². The van der Waals surface area contributed by atoms with Gasteiger partial charge in [0.25, 0.3) is 5.69 Å². The Kier molecular flexibility index (Phi) is 13.3. The normalized spacial score (nSPS) is 12.3. The molecule has 1 heterocycles. The van der Waals surface area contributed by atoms with Crippen molar-refractivity contribution in [3.8, 4) is 0 Å². The lowest BCUT2D eigenvalue weighted by atomic mass is 10.2. The fraction of sp³-hybridized carbons (Fsp3) is 0.500. The summed E-state index contributed by atoms with van der Waals surface area (Å²) in [6, 6.07) is 11.0. The second-order valence-electron chi connectivity index (χ2n) is 7.24. The summed E-state index contributed by atoms with van der Waals surface area (Å²) >= 11 is 1.71. The van der Waals surface area contributed by atoms with Crippen LogP contribution in [0.25, 0.3) is 0 Å². The van der Waals surface area contributed by atoms with Crippen molar-refractivity contribution < 1.29 is 4.92 Å². The molecular formula is C22H34IN5O2S. The number of thiophene rings is 1. The van der Waals surface area contributed by atoms with Crippen molar-refractivity contribution in [3.05, 3.63) is 62.3 Å². The second kappa shape index (κ2) is 15.1. The number of nitrogens with zero attached hydrogens (tertiary/aromatic N) is 3. The van der Waals surface area contributed by atoms with Crippen molar-refractivity contribution in [2.45, 2.75) is 52.7 Å². The number of rotatable bonds is 12. The summed E-state index contributed by atoms with van der Waals surface area (Å²) in [5.41, 5.74) is 1.03. The summed E-state index contributed by atoms with van der Waals surface area (Å²) in [6.45, 7) is 11.0. The van der Waals surface area contributed by atoms with Crippen LogP contribution in [-0.2, 0) is 13.1 Å². The van der Waals surface area contributed by atoms with Crippen molar-refractivity contribution in [2.75, 3.05) is 19.6 Å². The predicted molar refractivity (Wildman–Crippen MR) is 140 cm³/mol. The molecular weight excluding hydrogens is 525 g/mol. The van der Waals surface area contributed by atoms with Crippen LogP contribution in [0.4, 0.5) is 5.69 Å². The molecule has 0 fully saturated rings. The molecule has 172 valence electrons. The van der Waals surface area contributed by atoms with Gasteiger partial charge < -0.3 is 15.5 Å². The second-order valence-corrected chi connectivity index (χ2v) is 8.27. The molecule has 1 atom stereocenters. The van der Waals surface area contributed by atoms with Crippen molar-refractivity contribution in [1.29, 1.82) is 0 Å². The largest absolute Gasteiger partial charge is 0.354 e. The molecule has 0 saturated heterocycles.